The molecule has 0 spiro atoms. The van der Waals surface area contributed by atoms with Gasteiger partial charge in [0.05, 0.1) is 0 Å². The first-order chi connectivity index (χ1) is 3.55. The molecule has 0 amide bonds. The first-order valence-electron chi connectivity index (χ1n) is 2.33. The molecule has 0 aromatic carbocycles. The minimum Gasteiger partial charge on any atom is -0.375 e. The zero-order valence-corrected chi connectivity index (χ0v) is 6.67. The van der Waals surface area contributed by atoms with Gasteiger partial charge in [0.25, 0.3) is 0 Å². The molecule has 0 aliphatic carbocycles. The molecule has 0 heterocycles. The maximum absolute atomic E-state index is 5.22. The summed E-state index contributed by atoms with van der Waals surface area (Å²) in [5, 5.41) is 0.323. The van der Waals surface area contributed by atoms with Gasteiger partial charge >= 0.3 is 0 Å². The minimum absolute atomic E-state index is 0.274. The standard InChI is InChI=1S/C4H10N2S2/c1-3(2)6(8)4(5)7/h3,8H,1-2H3,(H2,5,7). The predicted molar refractivity (Wildman–Crippen MR) is 42.7 cm³/mol. The van der Waals surface area contributed by atoms with Crippen LogP contribution in [-0.4, -0.2) is 15.5 Å². The molecule has 4 heteroatoms. The highest BCUT2D eigenvalue weighted by Gasteiger charge is 2.02. The van der Waals surface area contributed by atoms with Gasteiger partial charge < -0.3 is 5.73 Å². The molecule has 48 valence electrons. The van der Waals surface area contributed by atoms with Crippen LogP contribution in [0.15, 0.2) is 0 Å². The smallest absolute Gasteiger partial charge is 0.176 e. The molecule has 0 aliphatic heterocycles. The summed E-state index contributed by atoms with van der Waals surface area (Å²) in [6, 6.07) is 0.274. The number of nitrogens with two attached hydrogens (primary N) is 1. The maximum Gasteiger partial charge on any atom is 0.176 e. The molecule has 2 N–H and O–H groups in total. The molecule has 0 aromatic heterocycles. The zero-order valence-electron chi connectivity index (χ0n) is 4.96. The molecule has 0 saturated heterocycles. The van der Waals surface area contributed by atoms with E-state index >= 15 is 0 Å². The number of hydrogen-bond acceptors (Lipinski definition) is 2. The molecule has 0 fully saturated rings. The van der Waals surface area contributed by atoms with Crippen LogP contribution in [0.1, 0.15) is 13.8 Å². The van der Waals surface area contributed by atoms with E-state index in [1.165, 1.54) is 4.31 Å². The lowest BCUT2D eigenvalue weighted by atomic mass is 10.4. The van der Waals surface area contributed by atoms with Gasteiger partial charge in [-0.05, 0) is 26.1 Å². The van der Waals surface area contributed by atoms with Crippen molar-refractivity contribution in [2.24, 2.45) is 5.73 Å². The highest BCUT2D eigenvalue weighted by Crippen LogP contribution is 1.99. The van der Waals surface area contributed by atoms with Crippen LogP contribution >= 0.6 is 25.0 Å². The number of rotatable bonds is 1. The molecule has 0 saturated carbocycles. The Hall–Kier alpha value is 0.0400. The van der Waals surface area contributed by atoms with Gasteiger partial charge in [0, 0.05) is 6.04 Å². The molecule has 2 nitrogen and oxygen atoms in total. The van der Waals surface area contributed by atoms with Crippen molar-refractivity contribution >= 4 is 30.1 Å². The van der Waals surface area contributed by atoms with E-state index in [0.717, 1.165) is 0 Å². The van der Waals surface area contributed by atoms with Crippen molar-refractivity contribution in [3.05, 3.63) is 0 Å². The first-order valence-corrected chi connectivity index (χ1v) is 3.14. The van der Waals surface area contributed by atoms with E-state index in [2.05, 4.69) is 25.0 Å². The number of hydrogen-bond donors (Lipinski definition) is 2. The third-order valence-electron chi connectivity index (χ3n) is 0.715. The van der Waals surface area contributed by atoms with E-state index in [0.29, 0.717) is 5.11 Å². The fourth-order valence-electron chi connectivity index (χ4n) is 0.254. The normalized spacial score (nSPS) is 9.50. The Morgan fingerprint density at radius 3 is 2.12 bits per heavy atom. The van der Waals surface area contributed by atoms with Gasteiger partial charge in [-0.1, -0.05) is 12.8 Å². The van der Waals surface area contributed by atoms with Gasteiger partial charge in [0.2, 0.25) is 0 Å². The predicted octanol–water partition coefficient (Wildman–Crippen LogP) is 0.785. The highest BCUT2D eigenvalue weighted by atomic mass is 32.1. The second-order valence-electron chi connectivity index (χ2n) is 1.78. The Kier molecular flexibility index (Phi) is 3.16. The van der Waals surface area contributed by atoms with Gasteiger partial charge in [0.1, 0.15) is 0 Å². The first kappa shape index (κ1) is 8.04. The fraction of sp³-hybridized carbons (Fsp3) is 0.750. The lowest BCUT2D eigenvalue weighted by Gasteiger charge is -2.18. The summed E-state index contributed by atoms with van der Waals surface area (Å²) in [6.07, 6.45) is 0. The third-order valence-corrected chi connectivity index (χ3v) is 1.72. The van der Waals surface area contributed by atoms with Crippen LogP contribution in [0.5, 0.6) is 0 Å². The van der Waals surface area contributed by atoms with Crippen molar-refractivity contribution < 1.29 is 0 Å². The monoisotopic (exact) mass is 150 g/mol. The molecule has 0 aliphatic rings. The fourth-order valence-corrected chi connectivity index (χ4v) is 0.465. The summed E-state index contributed by atoms with van der Waals surface area (Å²) in [5.74, 6) is 0. The molecule has 0 rings (SSSR count). The van der Waals surface area contributed by atoms with Crippen LogP contribution in [0.2, 0.25) is 0 Å². The number of nitrogens with zero attached hydrogens (tertiary/aromatic N) is 1. The average Bonchev–Trinajstić information content (AvgIpc) is 1.64. The molecule has 0 unspecified atom stereocenters. The van der Waals surface area contributed by atoms with E-state index in [1.807, 2.05) is 13.8 Å². The molecular formula is C4H10N2S2. The Bertz CT molecular complexity index is 92.0. The van der Waals surface area contributed by atoms with Crippen molar-refractivity contribution in [3.63, 3.8) is 0 Å². The lowest BCUT2D eigenvalue weighted by molar-refractivity contribution is 0.560. The second kappa shape index (κ2) is 3.14. The molecule has 0 radical (unpaired) electrons. The summed E-state index contributed by atoms with van der Waals surface area (Å²) in [5.41, 5.74) is 5.22. The summed E-state index contributed by atoms with van der Waals surface area (Å²) in [7, 11) is 0. The molecule has 0 bridgehead atoms. The van der Waals surface area contributed by atoms with Gasteiger partial charge in [-0.15, -0.1) is 0 Å². The van der Waals surface area contributed by atoms with Gasteiger partial charge in [-0.2, -0.15) is 0 Å². The molecule has 0 atom stereocenters. The van der Waals surface area contributed by atoms with Gasteiger partial charge in [-0.3, -0.25) is 4.31 Å². The van der Waals surface area contributed by atoms with E-state index in [9.17, 15) is 0 Å². The van der Waals surface area contributed by atoms with Crippen LogP contribution in [-0.2, 0) is 0 Å². The van der Waals surface area contributed by atoms with Crippen LogP contribution in [0, 0.1) is 0 Å². The summed E-state index contributed by atoms with van der Waals surface area (Å²) in [4.78, 5) is 0. The van der Waals surface area contributed by atoms with E-state index in [4.69, 9.17) is 5.73 Å². The third kappa shape index (κ3) is 2.37. The minimum atomic E-state index is 0.274. The quantitative estimate of drug-likeness (QED) is 0.428. The SMILES string of the molecule is CC(C)N(S)C(N)=S. The van der Waals surface area contributed by atoms with Gasteiger partial charge in [0.15, 0.2) is 5.11 Å². The maximum atomic E-state index is 5.22. The van der Waals surface area contributed by atoms with Crippen molar-refractivity contribution in [2.75, 3.05) is 0 Å². The molecule has 0 aromatic rings. The largest absolute Gasteiger partial charge is 0.375 e. The highest BCUT2D eigenvalue weighted by molar-refractivity contribution is 7.84. The number of thiol groups is 1. The van der Waals surface area contributed by atoms with Crippen molar-refractivity contribution in [1.29, 1.82) is 0 Å². The summed E-state index contributed by atoms with van der Waals surface area (Å²) >= 11 is 8.61. The van der Waals surface area contributed by atoms with Gasteiger partial charge in [-0.25, -0.2) is 0 Å². The van der Waals surface area contributed by atoms with E-state index in [-0.39, 0.29) is 6.04 Å². The number of thiocarbonyl (C=S) groups is 1. The average molecular weight is 150 g/mol. The Balaban J connectivity index is 3.64. The van der Waals surface area contributed by atoms with Crippen molar-refractivity contribution in [3.8, 4) is 0 Å². The van der Waals surface area contributed by atoms with E-state index < -0.39 is 0 Å². The second-order valence-corrected chi connectivity index (χ2v) is 2.63. The topological polar surface area (TPSA) is 29.3 Å². The van der Waals surface area contributed by atoms with Crippen LogP contribution in [0.3, 0.4) is 0 Å². The summed E-state index contributed by atoms with van der Waals surface area (Å²) in [6.45, 7) is 3.93. The zero-order chi connectivity index (χ0) is 6.73. The van der Waals surface area contributed by atoms with Crippen LogP contribution in [0.25, 0.3) is 0 Å². The van der Waals surface area contributed by atoms with Crippen molar-refractivity contribution in [1.82, 2.24) is 4.31 Å². The lowest BCUT2D eigenvalue weighted by Crippen LogP contribution is -2.32. The summed E-state index contributed by atoms with van der Waals surface area (Å²) < 4.78 is 1.54. The molecule has 8 heavy (non-hydrogen) atoms. The van der Waals surface area contributed by atoms with E-state index in [1.54, 1.807) is 0 Å². The Morgan fingerprint density at radius 1 is 1.75 bits per heavy atom. The van der Waals surface area contributed by atoms with Crippen LogP contribution in [0.4, 0.5) is 0 Å². The van der Waals surface area contributed by atoms with Crippen molar-refractivity contribution in [2.45, 2.75) is 19.9 Å². The Labute approximate surface area is 60.6 Å². The molecular weight excluding hydrogens is 140 g/mol. The Morgan fingerprint density at radius 2 is 2.12 bits per heavy atom. The van der Waals surface area contributed by atoms with Crippen LogP contribution < -0.4 is 5.73 Å².